The Morgan fingerprint density at radius 2 is 2.14 bits per heavy atom. The first-order valence-electron chi connectivity index (χ1n) is 8.12. The summed E-state index contributed by atoms with van der Waals surface area (Å²) in [7, 11) is 0. The molecule has 1 saturated heterocycles. The van der Waals surface area contributed by atoms with Crippen molar-refractivity contribution in [2.24, 2.45) is 0 Å². The van der Waals surface area contributed by atoms with Crippen molar-refractivity contribution < 1.29 is 9.47 Å². The highest BCUT2D eigenvalue weighted by molar-refractivity contribution is 5.92. The van der Waals surface area contributed by atoms with Gasteiger partial charge in [-0.2, -0.15) is 0 Å². The molecule has 1 aliphatic heterocycles. The van der Waals surface area contributed by atoms with Crippen LogP contribution < -0.4 is 5.32 Å². The number of rotatable bonds is 6. The number of hydrogen-bond acceptors (Lipinski definition) is 4. The molecule has 0 radical (unpaired) electrons. The van der Waals surface area contributed by atoms with Gasteiger partial charge >= 0.3 is 0 Å². The van der Waals surface area contributed by atoms with Gasteiger partial charge in [-0.25, -0.2) is 0 Å². The van der Waals surface area contributed by atoms with Crippen molar-refractivity contribution in [1.29, 1.82) is 0 Å². The Kier molecular flexibility index (Phi) is 5.24. The smallest absolute Gasteiger partial charge is 0.0751 e. The molecular formula is C18H24N2O2. The number of aryl methyl sites for hydroxylation is 1. The average molecular weight is 300 g/mol. The minimum absolute atomic E-state index is 0.387. The third-order valence-electron chi connectivity index (χ3n) is 4.13. The lowest BCUT2D eigenvalue weighted by Crippen LogP contribution is -2.24. The zero-order chi connectivity index (χ0) is 15.2. The highest BCUT2D eigenvalue weighted by atomic mass is 16.5. The summed E-state index contributed by atoms with van der Waals surface area (Å²) in [6.45, 7) is 5.49. The van der Waals surface area contributed by atoms with Crippen LogP contribution in [0, 0.1) is 6.92 Å². The van der Waals surface area contributed by atoms with Gasteiger partial charge in [-0.3, -0.25) is 4.98 Å². The van der Waals surface area contributed by atoms with Crippen LogP contribution in [0.5, 0.6) is 0 Å². The Hall–Kier alpha value is -1.65. The molecule has 0 bridgehead atoms. The molecule has 1 aromatic heterocycles. The standard InChI is InChI=1S/C18H24N2O2/c1-14-4-2-5-16-17(6-10-20-18(14)16)19-9-3-11-22-15-7-12-21-13-8-15/h2,4-6,10,15H,3,7-9,11-13H2,1H3,(H,19,20). The van der Waals surface area contributed by atoms with E-state index in [1.807, 2.05) is 12.3 Å². The minimum atomic E-state index is 0.387. The van der Waals surface area contributed by atoms with Crippen molar-refractivity contribution in [2.75, 3.05) is 31.7 Å². The van der Waals surface area contributed by atoms with Gasteiger partial charge in [0.15, 0.2) is 0 Å². The number of hydrogen-bond donors (Lipinski definition) is 1. The summed E-state index contributed by atoms with van der Waals surface area (Å²) in [6, 6.07) is 8.34. The molecule has 3 rings (SSSR count). The van der Waals surface area contributed by atoms with Crippen LogP contribution in [0.15, 0.2) is 30.5 Å². The molecule has 0 unspecified atom stereocenters. The maximum Gasteiger partial charge on any atom is 0.0751 e. The Morgan fingerprint density at radius 3 is 3.00 bits per heavy atom. The molecule has 0 aliphatic carbocycles. The second-order valence-corrected chi connectivity index (χ2v) is 5.79. The molecule has 1 N–H and O–H groups in total. The van der Waals surface area contributed by atoms with E-state index in [1.54, 1.807) is 0 Å². The van der Waals surface area contributed by atoms with Crippen molar-refractivity contribution in [3.63, 3.8) is 0 Å². The van der Waals surface area contributed by atoms with Crippen LogP contribution in [-0.2, 0) is 9.47 Å². The zero-order valence-electron chi connectivity index (χ0n) is 13.2. The van der Waals surface area contributed by atoms with Crippen LogP contribution in [0.3, 0.4) is 0 Å². The quantitative estimate of drug-likeness (QED) is 0.829. The molecule has 2 aromatic rings. The van der Waals surface area contributed by atoms with Crippen LogP contribution >= 0.6 is 0 Å². The van der Waals surface area contributed by atoms with Gasteiger partial charge in [-0.05, 0) is 37.8 Å². The van der Waals surface area contributed by atoms with Crippen LogP contribution in [0.4, 0.5) is 5.69 Å². The lowest BCUT2D eigenvalue weighted by molar-refractivity contribution is -0.0316. The largest absolute Gasteiger partial charge is 0.384 e. The van der Waals surface area contributed by atoms with Crippen molar-refractivity contribution in [1.82, 2.24) is 4.98 Å². The summed E-state index contributed by atoms with van der Waals surface area (Å²) in [4.78, 5) is 4.47. The van der Waals surface area contributed by atoms with Crippen LogP contribution in [0.2, 0.25) is 0 Å². The zero-order valence-corrected chi connectivity index (χ0v) is 13.2. The number of pyridine rings is 1. The molecule has 0 atom stereocenters. The first-order chi connectivity index (χ1) is 10.8. The van der Waals surface area contributed by atoms with Gasteiger partial charge in [0.05, 0.1) is 11.6 Å². The first-order valence-corrected chi connectivity index (χ1v) is 8.12. The van der Waals surface area contributed by atoms with Gasteiger partial charge in [0.2, 0.25) is 0 Å². The molecule has 118 valence electrons. The molecule has 4 heteroatoms. The fourth-order valence-corrected chi connectivity index (χ4v) is 2.87. The maximum atomic E-state index is 5.90. The van der Waals surface area contributed by atoms with E-state index in [9.17, 15) is 0 Å². The van der Waals surface area contributed by atoms with Gasteiger partial charge in [0.25, 0.3) is 0 Å². The molecule has 1 fully saturated rings. The molecular weight excluding hydrogens is 276 g/mol. The van der Waals surface area contributed by atoms with Crippen molar-refractivity contribution >= 4 is 16.6 Å². The van der Waals surface area contributed by atoms with E-state index in [0.717, 1.165) is 56.8 Å². The van der Waals surface area contributed by atoms with Gasteiger partial charge in [-0.15, -0.1) is 0 Å². The van der Waals surface area contributed by atoms with E-state index in [2.05, 4.69) is 35.4 Å². The number of benzene rings is 1. The molecule has 0 amide bonds. The SMILES string of the molecule is Cc1cccc2c(NCCCOC3CCOCC3)ccnc12. The van der Waals surface area contributed by atoms with Crippen molar-refractivity contribution in [3.8, 4) is 0 Å². The number of anilines is 1. The second-order valence-electron chi connectivity index (χ2n) is 5.79. The fourth-order valence-electron chi connectivity index (χ4n) is 2.87. The predicted octanol–water partition coefficient (Wildman–Crippen LogP) is 3.54. The van der Waals surface area contributed by atoms with E-state index in [1.165, 1.54) is 10.9 Å². The van der Waals surface area contributed by atoms with Gasteiger partial charge < -0.3 is 14.8 Å². The Labute approximate surface area is 131 Å². The summed E-state index contributed by atoms with van der Waals surface area (Å²) in [5.74, 6) is 0. The molecule has 4 nitrogen and oxygen atoms in total. The van der Waals surface area contributed by atoms with E-state index < -0.39 is 0 Å². The van der Waals surface area contributed by atoms with E-state index in [4.69, 9.17) is 9.47 Å². The van der Waals surface area contributed by atoms with E-state index in [-0.39, 0.29) is 0 Å². The van der Waals surface area contributed by atoms with Gasteiger partial charge in [-0.1, -0.05) is 18.2 Å². The number of para-hydroxylation sites is 1. The summed E-state index contributed by atoms with van der Waals surface area (Å²) in [6.07, 6.45) is 5.32. The van der Waals surface area contributed by atoms with Crippen LogP contribution in [-0.4, -0.2) is 37.5 Å². The third kappa shape index (κ3) is 3.76. The summed E-state index contributed by atoms with van der Waals surface area (Å²) in [5.41, 5.74) is 3.44. The first kappa shape index (κ1) is 15.3. The Balaban J connectivity index is 1.48. The highest BCUT2D eigenvalue weighted by Gasteiger charge is 2.13. The third-order valence-corrected chi connectivity index (χ3v) is 4.13. The Bertz CT molecular complexity index is 609. The number of fused-ring (bicyclic) bond motifs is 1. The van der Waals surface area contributed by atoms with Crippen LogP contribution in [0.1, 0.15) is 24.8 Å². The van der Waals surface area contributed by atoms with E-state index >= 15 is 0 Å². The number of ether oxygens (including phenoxy) is 2. The fraction of sp³-hybridized carbons (Fsp3) is 0.500. The molecule has 1 aromatic carbocycles. The molecule has 0 spiro atoms. The summed E-state index contributed by atoms with van der Waals surface area (Å²) in [5, 5.41) is 4.70. The predicted molar refractivity (Wildman–Crippen MR) is 89.4 cm³/mol. The van der Waals surface area contributed by atoms with Gasteiger partial charge in [0, 0.05) is 43.6 Å². The van der Waals surface area contributed by atoms with Crippen molar-refractivity contribution in [3.05, 3.63) is 36.0 Å². The lowest BCUT2D eigenvalue weighted by Gasteiger charge is -2.22. The summed E-state index contributed by atoms with van der Waals surface area (Å²) >= 11 is 0. The average Bonchev–Trinajstić information content (AvgIpc) is 2.56. The highest BCUT2D eigenvalue weighted by Crippen LogP contribution is 2.23. The van der Waals surface area contributed by atoms with Crippen molar-refractivity contribution in [2.45, 2.75) is 32.3 Å². The normalized spacial score (nSPS) is 16.0. The van der Waals surface area contributed by atoms with Gasteiger partial charge in [0.1, 0.15) is 0 Å². The molecule has 0 saturated carbocycles. The second kappa shape index (κ2) is 7.56. The maximum absolute atomic E-state index is 5.90. The lowest BCUT2D eigenvalue weighted by atomic mass is 10.1. The van der Waals surface area contributed by atoms with E-state index in [0.29, 0.717) is 6.10 Å². The monoisotopic (exact) mass is 300 g/mol. The molecule has 1 aliphatic rings. The number of nitrogens with one attached hydrogen (secondary N) is 1. The van der Waals surface area contributed by atoms with Crippen LogP contribution in [0.25, 0.3) is 10.9 Å². The number of aromatic nitrogens is 1. The minimum Gasteiger partial charge on any atom is -0.384 e. The molecule has 22 heavy (non-hydrogen) atoms. The topological polar surface area (TPSA) is 43.4 Å². The summed E-state index contributed by atoms with van der Waals surface area (Å²) < 4.78 is 11.2. The number of nitrogens with zero attached hydrogens (tertiary/aromatic N) is 1. The Morgan fingerprint density at radius 1 is 1.27 bits per heavy atom. The molecule has 2 heterocycles.